The Morgan fingerprint density at radius 2 is 2.19 bits per heavy atom. The summed E-state index contributed by atoms with van der Waals surface area (Å²) in [7, 11) is 3.28. The van der Waals surface area contributed by atoms with E-state index in [0.29, 0.717) is 5.75 Å². The van der Waals surface area contributed by atoms with E-state index in [4.69, 9.17) is 9.47 Å². The Morgan fingerprint density at radius 1 is 1.38 bits per heavy atom. The van der Waals surface area contributed by atoms with E-state index in [1.54, 1.807) is 20.3 Å². The van der Waals surface area contributed by atoms with Gasteiger partial charge in [-0.1, -0.05) is 0 Å². The maximum atomic E-state index is 13.0. The molecule has 1 fully saturated rings. The van der Waals surface area contributed by atoms with Crippen LogP contribution in [0.1, 0.15) is 6.42 Å². The van der Waals surface area contributed by atoms with Crippen LogP contribution in [0.15, 0.2) is 18.2 Å². The first-order valence-corrected chi connectivity index (χ1v) is 5.36. The lowest BCUT2D eigenvalue weighted by Gasteiger charge is -2.20. The zero-order valence-corrected chi connectivity index (χ0v) is 9.57. The summed E-state index contributed by atoms with van der Waals surface area (Å²) in [4.78, 5) is 2.16. The molecule has 0 N–H and O–H groups in total. The lowest BCUT2D eigenvalue weighted by atomic mass is 10.2. The molecule has 1 atom stereocenters. The van der Waals surface area contributed by atoms with Crippen molar-refractivity contribution in [3.05, 3.63) is 24.0 Å². The van der Waals surface area contributed by atoms with Crippen LogP contribution in [0, 0.1) is 5.82 Å². The van der Waals surface area contributed by atoms with Gasteiger partial charge in [0.2, 0.25) is 0 Å². The van der Waals surface area contributed by atoms with Crippen molar-refractivity contribution < 1.29 is 13.9 Å². The van der Waals surface area contributed by atoms with E-state index in [1.807, 2.05) is 0 Å². The second-order valence-corrected chi connectivity index (χ2v) is 3.91. The summed E-state index contributed by atoms with van der Waals surface area (Å²) in [5, 5.41) is 0. The first-order chi connectivity index (χ1) is 7.74. The Balaban J connectivity index is 2.20. The van der Waals surface area contributed by atoms with Crippen molar-refractivity contribution in [2.75, 3.05) is 32.2 Å². The number of halogens is 1. The molecule has 0 spiro atoms. The van der Waals surface area contributed by atoms with Crippen molar-refractivity contribution in [2.45, 2.75) is 12.5 Å². The number of nitrogens with zero attached hydrogens (tertiary/aromatic N) is 1. The average molecular weight is 225 g/mol. The van der Waals surface area contributed by atoms with Crippen LogP contribution in [-0.2, 0) is 4.74 Å². The van der Waals surface area contributed by atoms with Crippen molar-refractivity contribution in [3.8, 4) is 5.75 Å². The molecule has 0 radical (unpaired) electrons. The summed E-state index contributed by atoms with van der Waals surface area (Å²) in [6.45, 7) is 1.75. The first-order valence-electron chi connectivity index (χ1n) is 5.36. The zero-order valence-electron chi connectivity index (χ0n) is 9.57. The van der Waals surface area contributed by atoms with Crippen LogP contribution in [0.4, 0.5) is 10.1 Å². The summed E-state index contributed by atoms with van der Waals surface area (Å²) >= 11 is 0. The molecule has 0 amide bonds. The van der Waals surface area contributed by atoms with E-state index in [-0.39, 0.29) is 11.9 Å². The van der Waals surface area contributed by atoms with Crippen molar-refractivity contribution in [1.82, 2.24) is 0 Å². The fourth-order valence-electron chi connectivity index (χ4n) is 2.05. The molecule has 0 unspecified atom stereocenters. The van der Waals surface area contributed by atoms with Gasteiger partial charge in [0.1, 0.15) is 11.6 Å². The van der Waals surface area contributed by atoms with E-state index >= 15 is 0 Å². The van der Waals surface area contributed by atoms with Crippen LogP contribution in [0.5, 0.6) is 5.75 Å². The molecule has 0 aliphatic carbocycles. The molecule has 0 saturated carbocycles. The van der Waals surface area contributed by atoms with E-state index in [9.17, 15) is 4.39 Å². The summed E-state index contributed by atoms with van der Waals surface area (Å²) < 4.78 is 23.5. The van der Waals surface area contributed by atoms with Gasteiger partial charge in [-0.25, -0.2) is 4.39 Å². The number of methoxy groups -OCH3 is 2. The Kier molecular flexibility index (Phi) is 3.29. The summed E-state index contributed by atoms with van der Waals surface area (Å²) in [6, 6.07) is 4.62. The van der Waals surface area contributed by atoms with Crippen LogP contribution < -0.4 is 9.64 Å². The smallest absolute Gasteiger partial charge is 0.145 e. The van der Waals surface area contributed by atoms with Gasteiger partial charge >= 0.3 is 0 Å². The highest BCUT2D eigenvalue weighted by Gasteiger charge is 2.24. The Bertz CT molecular complexity index is 370. The van der Waals surface area contributed by atoms with Crippen LogP contribution >= 0.6 is 0 Å². The number of hydrogen-bond acceptors (Lipinski definition) is 3. The molecule has 88 valence electrons. The van der Waals surface area contributed by atoms with E-state index < -0.39 is 0 Å². The standard InChI is InChI=1S/C12H16FNO2/c1-15-10-5-6-14(8-10)11-4-3-9(13)7-12(11)16-2/h3-4,7,10H,5-6,8H2,1-2H3/t10-/m0/s1. The number of hydrogen-bond donors (Lipinski definition) is 0. The molecule has 4 heteroatoms. The van der Waals surface area contributed by atoms with Crippen molar-refractivity contribution >= 4 is 5.69 Å². The monoisotopic (exact) mass is 225 g/mol. The predicted octanol–water partition coefficient (Wildman–Crippen LogP) is 2.06. The number of benzene rings is 1. The molecule has 3 nitrogen and oxygen atoms in total. The minimum absolute atomic E-state index is 0.259. The third-order valence-corrected chi connectivity index (χ3v) is 2.96. The summed E-state index contributed by atoms with van der Waals surface area (Å²) in [6.07, 6.45) is 1.26. The van der Waals surface area contributed by atoms with E-state index in [2.05, 4.69) is 4.90 Å². The van der Waals surface area contributed by atoms with E-state index in [1.165, 1.54) is 12.1 Å². The van der Waals surface area contributed by atoms with Gasteiger partial charge in [0.05, 0.1) is 18.9 Å². The largest absolute Gasteiger partial charge is 0.494 e. The van der Waals surface area contributed by atoms with Crippen molar-refractivity contribution in [2.24, 2.45) is 0 Å². The molecule has 0 bridgehead atoms. The Hall–Kier alpha value is -1.29. The molecule has 1 saturated heterocycles. The Labute approximate surface area is 94.8 Å². The molecule has 1 aromatic carbocycles. The van der Waals surface area contributed by atoms with Crippen LogP contribution in [0.2, 0.25) is 0 Å². The third-order valence-electron chi connectivity index (χ3n) is 2.96. The first kappa shape index (κ1) is 11.2. The van der Waals surface area contributed by atoms with Gasteiger partial charge in [-0.05, 0) is 18.6 Å². The molecule has 1 aliphatic rings. The SMILES string of the molecule is COc1cc(F)ccc1N1CC[C@H](OC)C1. The Morgan fingerprint density at radius 3 is 2.81 bits per heavy atom. The fraction of sp³-hybridized carbons (Fsp3) is 0.500. The maximum Gasteiger partial charge on any atom is 0.145 e. The zero-order chi connectivity index (χ0) is 11.5. The van der Waals surface area contributed by atoms with Crippen LogP contribution in [0.25, 0.3) is 0 Å². The van der Waals surface area contributed by atoms with Gasteiger partial charge in [-0.3, -0.25) is 0 Å². The van der Waals surface area contributed by atoms with Gasteiger partial charge in [0.25, 0.3) is 0 Å². The highest BCUT2D eigenvalue weighted by molar-refractivity contribution is 5.59. The topological polar surface area (TPSA) is 21.7 Å². The second-order valence-electron chi connectivity index (χ2n) is 3.91. The lowest BCUT2D eigenvalue weighted by Crippen LogP contribution is -2.22. The lowest BCUT2D eigenvalue weighted by molar-refractivity contribution is 0.121. The highest BCUT2D eigenvalue weighted by Crippen LogP contribution is 2.31. The number of ether oxygens (including phenoxy) is 2. The van der Waals surface area contributed by atoms with Gasteiger partial charge in [0, 0.05) is 26.3 Å². The quantitative estimate of drug-likeness (QED) is 0.786. The molecule has 1 aliphatic heterocycles. The molecule has 2 rings (SSSR count). The molecular weight excluding hydrogens is 209 g/mol. The summed E-state index contributed by atoms with van der Waals surface area (Å²) in [5.74, 6) is 0.305. The van der Waals surface area contributed by atoms with Gasteiger partial charge in [-0.2, -0.15) is 0 Å². The van der Waals surface area contributed by atoms with Crippen molar-refractivity contribution in [1.29, 1.82) is 0 Å². The third kappa shape index (κ3) is 2.11. The second kappa shape index (κ2) is 4.70. The molecule has 0 aromatic heterocycles. The van der Waals surface area contributed by atoms with E-state index in [0.717, 1.165) is 25.2 Å². The van der Waals surface area contributed by atoms with Gasteiger partial charge in [0.15, 0.2) is 0 Å². The minimum Gasteiger partial charge on any atom is -0.494 e. The normalized spacial score (nSPS) is 20.2. The fourth-order valence-corrected chi connectivity index (χ4v) is 2.05. The van der Waals surface area contributed by atoms with Gasteiger partial charge in [-0.15, -0.1) is 0 Å². The number of rotatable bonds is 3. The van der Waals surface area contributed by atoms with Gasteiger partial charge < -0.3 is 14.4 Å². The minimum atomic E-state index is -0.275. The van der Waals surface area contributed by atoms with Crippen molar-refractivity contribution in [3.63, 3.8) is 0 Å². The van der Waals surface area contributed by atoms with Crippen LogP contribution in [-0.4, -0.2) is 33.4 Å². The number of anilines is 1. The average Bonchev–Trinajstić information content (AvgIpc) is 2.77. The molecular formula is C12H16FNO2. The maximum absolute atomic E-state index is 13.0. The molecule has 1 aromatic rings. The molecule has 1 heterocycles. The molecule has 16 heavy (non-hydrogen) atoms. The predicted molar refractivity (Wildman–Crippen MR) is 60.6 cm³/mol. The van der Waals surface area contributed by atoms with Crippen LogP contribution in [0.3, 0.4) is 0 Å². The highest BCUT2D eigenvalue weighted by atomic mass is 19.1. The summed E-state index contributed by atoms with van der Waals surface area (Å²) in [5.41, 5.74) is 0.934.